The largest absolute Gasteiger partial charge is 0.396 e. The number of benzene rings is 1. The lowest BCUT2D eigenvalue weighted by atomic mass is 10.2. The van der Waals surface area contributed by atoms with Crippen LogP contribution in [-0.2, 0) is 0 Å². The van der Waals surface area contributed by atoms with Gasteiger partial charge in [-0.25, -0.2) is 9.37 Å². The normalized spacial score (nSPS) is 10.6. The van der Waals surface area contributed by atoms with E-state index in [1.54, 1.807) is 23.5 Å². The maximum atomic E-state index is 13.1. The number of hydrogen-bond acceptors (Lipinski definition) is 4. The van der Waals surface area contributed by atoms with Gasteiger partial charge in [0.2, 0.25) is 0 Å². The molecule has 0 saturated heterocycles. The molecule has 0 aliphatic heterocycles. The Morgan fingerprint density at radius 1 is 1.35 bits per heavy atom. The molecule has 0 radical (unpaired) electrons. The van der Waals surface area contributed by atoms with E-state index in [-0.39, 0.29) is 5.69 Å². The van der Waals surface area contributed by atoms with Crippen LogP contribution in [0.15, 0.2) is 18.2 Å². The monoisotopic (exact) mass is 251 g/mol. The maximum absolute atomic E-state index is 13.1. The average Bonchev–Trinajstić information content (AvgIpc) is 2.62. The third kappa shape index (κ3) is 2.24. The molecule has 2 aromatic rings. The third-order valence-electron chi connectivity index (χ3n) is 2.67. The summed E-state index contributed by atoms with van der Waals surface area (Å²) in [5.74, 6) is -0.395. The molecule has 0 aliphatic carbocycles. The molecular formula is C12H14FN3S. The summed E-state index contributed by atoms with van der Waals surface area (Å²) in [6, 6.07) is 4.67. The van der Waals surface area contributed by atoms with E-state index >= 15 is 0 Å². The number of halogens is 1. The number of nitrogen functional groups attached to an aromatic ring is 1. The summed E-state index contributed by atoms with van der Waals surface area (Å²) < 4.78 is 13.1. The van der Waals surface area contributed by atoms with Gasteiger partial charge in [0, 0.05) is 17.6 Å². The number of aryl methyl sites for hydroxylation is 2. The predicted octanol–water partition coefficient (Wildman–Crippen LogP) is 3.25. The van der Waals surface area contributed by atoms with Crippen molar-refractivity contribution in [2.24, 2.45) is 0 Å². The number of nitrogens with two attached hydrogens (primary N) is 1. The van der Waals surface area contributed by atoms with Gasteiger partial charge in [0.25, 0.3) is 0 Å². The fraction of sp³-hybridized carbons (Fsp3) is 0.250. The van der Waals surface area contributed by atoms with Gasteiger partial charge in [-0.3, -0.25) is 0 Å². The molecule has 5 heteroatoms. The number of anilines is 3. The van der Waals surface area contributed by atoms with Crippen LogP contribution >= 0.6 is 11.3 Å². The van der Waals surface area contributed by atoms with Crippen molar-refractivity contribution in [3.63, 3.8) is 0 Å². The minimum atomic E-state index is -0.395. The van der Waals surface area contributed by atoms with Gasteiger partial charge in [0.15, 0.2) is 5.13 Å². The van der Waals surface area contributed by atoms with E-state index in [1.165, 1.54) is 10.9 Å². The van der Waals surface area contributed by atoms with Crippen LogP contribution in [0.25, 0.3) is 0 Å². The fourth-order valence-corrected chi connectivity index (χ4v) is 2.34. The first kappa shape index (κ1) is 11.9. The summed E-state index contributed by atoms with van der Waals surface area (Å²) >= 11 is 1.61. The summed E-state index contributed by atoms with van der Waals surface area (Å²) in [6.07, 6.45) is 0. The number of hydrogen-bond donors (Lipinski definition) is 1. The van der Waals surface area contributed by atoms with E-state index in [0.29, 0.717) is 0 Å². The fourth-order valence-electron chi connectivity index (χ4n) is 1.45. The van der Waals surface area contributed by atoms with Gasteiger partial charge < -0.3 is 10.6 Å². The third-order valence-corrected chi connectivity index (χ3v) is 3.82. The topological polar surface area (TPSA) is 42.2 Å². The summed E-state index contributed by atoms with van der Waals surface area (Å²) in [6.45, 7) is 4.01. The molecule has 2 rings (SSSR count). The molecule has 90 valence electrons. The van der Waals surface area contributed by atoms with Crippen molar-refractivity contribution < 1.29 is 4.39 Å². The lowest BCUT2D eigenvalue weighted by Crippen LogP contribution is -2.09. The van der Waals surface area contributed by atoms with Crippen LogP contribution in [0, 0.1) is 19.7 Å². The standard InChI is InChI=1S/C12H14FN3S/c1-7-8(2)17-12(15-7)16(3)9-4-5-10(13)11(14)6-9/h4-6H,14H2,1-3H3. The Morgan fingerprint density at radius 2 is 2.06 bits per heavy atom. The molecule has 1 aromatic carbocycles. The van der Waals surface area contributed by atoms with Gasteiger partial charge in [-0.15, -0.1) is 11.3 Å². The van der Waals surface area contributed by atoms with Gasteiger partial charge in [0.05, 0.1) is 11.4 Å². The summed E-state index contributed by atoms with van der Waals surface area (Å²) in [7, 11) is 1.89. The van der Waals surface area contributed by atoms with E-state index in [9.17, 15) is 4.39 Å². The van der Waals surface area contributed by atoms with Crippen molar-refractivity contribution in [2.45, 2.75) is 13.8 Å². The van der Waals surface area contributed by atoms with Crippen LogP contribution in [0.3, 0.4) is 0 Å². The van der Waals surface area contributed by atoms with Crippen LogP contribution in [-0.4, -0.2) is 12.0 Å². The Kier molecular flexibility index (Phi) is 3.02. The Morgan fingerprint density at radius 3 is 2.59 bits per heavy atom. The van der Waals surface area contributed by atoms with Gasteiger partial charge in [-0.1, -0.05) is 0 Å². The van der Waals surface area contributed by atoms with Crippen LogP contribution in [0.4, 0.5) is 20.9 Å². The van der Waals surface area contributed by atoms with Gasteiger partial charge in [-0.2, -0.15) is 0 Å². The first-order chi connectivity index (χ1) is 7.99. The maximum Gasteiger partial charge on any atom is 0.190 e. The average molecular weight is 251 g/mol. The van der Waals surface area contributed by atoms with E-state index < -0.39 is 5.82 Å². The number of thiazole rings is 1. The van der Waals surface area contributed by atoms with E-state index in [4.69, 9.17) is 5.73 Å². The van der Waals surface area contributed by atoms with Crippen molar-refractivity contribution in [1.29, 1.82) is 0 Å². The number of aromatic nitrogens is 1. The summed E-state index contributed by atoms with van der Waals surface area (Å²) in [4.78, 5) is 7.53. The van der Waals surface area contributed by atoms with Gasteiger partial charge in [0.1, 0.15) is 5.82 Å². The Hall–Kier alpha value is -1.62. The predicted molar refractivity (Wildman–Crippen MR) is 70.5 cm³/mol. The van der Waals surface area contributed by atoms with Crippen molar-refractivity contribution >= 4 is 27.8 Å². The van der Waals surface area contributed by atoms with Crippen molar-refractivity contribution in [1.82, 2.24) is 4.98 Å². The van der Waals surface area contributed by atoms with E-state index in [1.807, 2.05) is 25.8 Å². The summed E-state index contributed by atoms with van der Waals surface area (Å²) in [5.41, 5.74) is 7.56. The molecule has 17 heavy (non-hydrogen) atoms. The molecule has 0 amide bonds. The Balaban J connectivity index is 2.36. The molecule has 0 atom stereocenters. The van der Waals surface area contributed by atoms with Crippen LogP contribution in [0.1, 0.15) is 10.6 Å². The lowest BCUT2D eigenvalue weighted by molar-refractivity contribution is 0.632. The lowest BCUT2D eigenvalue weighted by Gasteiger charge is -2.16. The second-order valence-electron chi connectivity index (χ2n) is 3.90. The van der Waals surface area contributed by atoms with Crippen LogP contribution in [0.5, 0.6) is 0 Å². The van der Waals surface area contributed by atoms with E-state index in [2.05, 4.69) is 4.98 Å². The molecule has 3 nitrogen and oxygen atoms in total. The van der Waals surface area contributed by atoms with Crippen molar-refractivity contribution in [2.75, 3.05) is 17.7 Å². The van der Waals surface area contributed by atoms with Gasteiger partial charge in [-0.05, 0) is 32.0 Å². The minimum Gasteiger partial charge on any atom is -0.396 e. The first-order valence-electron chi connectivity index (χ1n) is 5.22. The van der Waals surface area contributed by atoms with Crippen LogP contribution < -0.4 is 10.6 Å². The molecule has 1 aromatic heterocycles. The highest BCUT2D eigenvalue weighted by atomic mass is 32.1. The quantitative estimate of drug-likeness (QED) is 0.833. The van der Waals surface area contributed by atoms with Gasteiger partial charge >= 0.3 is 0 Å². The zero-order valence-electron chi connectivity index (χ0n) is 9.99. The molecule has 0 spiro atoms. The zero-order chi connectivity index (χ0) is 12.6. The van der Waals surface area contributed by atoms with Crippen LogP contribution in [0.2, 0.25) is 0 Å². The van der Waals surface area contributed by atoms with Crippen molar-refractivity contribution in [3.05, 3.63) is 34.6 Å². The second kappa shape index (κ2) is 4.33. The van der Waals surface area contributed by atoms with E-state index in [0.717, 1.165) is 16.5 Å². The number of nitrogens with zero attached hydrogens (tertiary/aromatic N) is 2. The molecule has 1 heterocycles. The Bertz CT molecular complexity index is 531. The second-order valence-corrected chi connectivity index (χ2v) is 5.08. The number of rotatable bonds is 2. The SMILES string of the molecule is Cc1nc(N(C)c2ccc(F)c(N)c2)sc1C. The highest BCUT2D eigenvalue weighted by Gasteiger charge is 2.11. The highest BCUT2D eigenvalue weighted by molar-refractivity contribution is 7.15. The molecule has 2 N–H and O–H groups in total. The molecule has 0 saturated carbocycles. The zero-order valence-corrected chi connectivity index (χ0v) is 10.8. The van der Waals surface area contributed by atoms with Crippen molar-refractivity contribution in [3.8, 4) is 0 Å². The first-order valence-corrected chi connectivity index (χ1v) is 6.03. The molecular weight excluding hydrogens is 237 g/mol. The molecule has 0 bridgehead atoms. The Labute approximate surface area is 104 Å². The molecule has 0 aliphatic rings. The molecule has 0 fully saturated rings. The summed E-state index contributed by atoms with van der Waals surface area (Å²) in [5, 5.41) is 0.881. The molecule has 0 unspecified atom stereocenters. The highest BCUT2D eigenvalue weighted by Crippen LogP contribution is 2.31. The minimum absolute atomic E-state index is 0.152. The smallest absolute Gasteiger partial charge is 0.190 e.